The van der Waals surface area contributed by atoms with Crippen LogP contribution in [0.3, 0.4) is 0 Å². The molecule has 0 saturated heterocycles. The van der Waals surface area contributed by atoms with Crippen molar-refractivity contribution in [3.8, 4) is 0 Å². The van der Waals surface area contributed by atoms with Gasteiger partial charge >= 0.3 is 0 Å². The molecule has 0 aliphatic heterocycles. The van der Waals surface area contributed by atoms with E-state index in [9.17, 15) is 0 Å². The van der Waals surface area contributed by atoms with E-state index >= 15 is 0 Å². The Hall–Kier alpha value is -0.260. The van der Waals surface area contributed by atoms with Crippen LogP contribution in [0.1, 0.15) is 52.4 Å². The van der Waals surface area contributed by atoms with Gasteiger partial charge in [0.15, 0.2) is 0 Å². The van der Waals surface area contributed by atoms with Gasteiger partial charge in [-0.3, -0.25) is 0 Å². The lowest BCUT2D eigenvalue weighted by molar-refractivity contribution is 0.208. The van der Waals surface area contributed by atoms with Crippen molar-refractivity contribution in [2.45, 2.75) is 52.4 Å². The number of hydrogen-bond acceptors (Lipinski definition) is 0. The fourth-order valence-electron chi connectivity index (χ4n) is 5.78. The maximum atomic E-state index is 2.40. The minimum atomic E-state index is 0.909. The highest BCUT2D eigenvalue weighted by atomic mass is 14.6. The molecule has 0 amide bonds. The molecule has 16 heavy (non-hydrogen) atoms. The van der Waals surface area contributed by atoms with Crippen LogP contribution in [0.5, 0.6) is 0 Å². The Bertz CT molecular complexity index is 349. The summed E-state index contributed by atoms with van der Waals surface area (Å²) in [7, 11) is 0. The molecule has 0 aromatic heterocycles. The summed E-state index contributed by atoms with van der Waals surface area (Å²) in [6, 6.07) is 0. The Morgan fingerprint density at radius 3 is 2.88 bits per heavy atom. The number of hydrogen-bond donors (Lipinski definition) is 0. The highest BCUT2D eigenvalue weighted by molar-refractivity contribution is 5.37. The maximum absolute atomic E-state index is 2.40. The Morgan fingerprint density at radius 1 is 1.19 bits per heavy atom. The van der Waals surface area contributed by atoms with Gasteiger partial charge in [0, 0.05) is 0 Å². The van der Waals surface area contributed by atoms with Gasteiger partial charge in [-0.05, 0) is 74.0 Å². The van der Waals surface area contributed by atoms with E-state index in [1.54, 1.807) is 19.3 Å². The van der Waals surface area contributed by atoms with Crippen molar-refractivity contribution in [1.29, 1.82) is 0 Å². The van der Waals surface area contributed by atoms with Crippen LogP contribution in [0.15, 0.2) is 11.1 Å². The average molecular weight is 216 g/mol. The summed E-state index contributed by atoms with van der Waals surface area (Å²) in [6.07, 6.45) is 9.20. The van der Waals surface area contributed by atoms with Crippen molar-refractivity contribution in [2.75, 3.05) is 0 Å². The molecule has 0 spiro atoms. The summed E-state index contributed by atoms with van der Waals surface area (Å²) in [5, 5.41) is 0. The number of allylic oxidation sites excluding steroid dienone is 2. The molecule has 4 aliphatic rings. The zero-order chi connectivity index (χ0) is 10.9. The summed E-state index contributed by atoms with van der Waals surface area (Å²) >= 11 is 0. The first-order chi connectivity index (χ1) is 7.74. The van der Waals surface area contributed by atoms with Gasteiger partial charge in [0.25, 0.3) is 0 Å². The van der Waals surface area contributed by atoms with E-state index in [0.717, 1.165) is 35.5 Å². The fourth-order valence-corrected chi connectivity index (χ4v) is 5.78. The molecule has 0 heteroatoms. The quantitative estimate of drug-likeness (QED) is 0.600. The highest BCUT2D eigenvalue weighted by Crippen LogP contribution is 2.66. The van der Waals surface area contributed by atoms with Crippen molar-refractivity contribution in [2.24, 2.45) is 35.5 Å². The Labute approximate surface area is 99.5 Å². The van der Waals surface area contributed by atoms with Crippen LogP contribution in [0.25, 0.3) is 0 Å². The predicted octanol–water partition coefficient (Wildman–Crippen LogP) is 4.42. The summed E-state index contributed by atoms with van der Waals surface area (Å²) in [5.41, 5.74) is 3.97. The molecule has 3 saturated carbocycles. The van der Waals surface area contributed by atoms with Crippen LogP contribution < -0.4 is 0 Å². The molecule has 0 radical (unpaired) electrons. The lowest BCUT2D eigenvalue weighted by Gasteiger charge is -2.34. The zero-order valence-electron chi connectivity index (χ0n) is 10.7. The highest BCUT2D eigenvalue weighted by Gasteiger charge is 2.55. The standard InChI is InChI=1S/C16H24/c1-9(2)5-12-7-13-8-14(12)16-11-4-3-10(6-11)15(13)16/h9-12,14,16H,3-8H2,1-2H3. The summed E-state index contributed by atoms with van der Waals surface area (Å²) in [5.74, 6) is 6.36. The van der Waals surface area contributed by atoms with E-state index in [4.69, 9.17) is 0 Å². The zero-order valence-corrected chi connectivity index (χ0v) is 10.7. The van der Waals surface area contributed by atoms with Crippen LogP contribution in [-0.4, -0.2) is 0 Å². The first kappa shape index (κ1) is 9.74. The monoisotopic (exact) mass is 216 g/mol. The second-order valence-electron chi connectivity index (χ2n) is 7.32. The maximum Gasteiger partial charge on any atom is -0.0135 e. The lowest BCUT2D eigenvalue weighted by atomic mass is 9.70. The van der Waals surface area contributed by atoms with Crippen molar-refractivity contribution in [3.05, 3.63) is 11.1 Å². The van der Waals surface area contributed by atoms with E-state index in [-0.39, 0.29) is 0 Å². The van der Waals surface area contributed by atoms with E-state index in [0.29, 0.717) is 0 Å². The molecule has 3 fully saturated rings. The first-order valence-electron chi connectivity index (χ1n) is 7.46. The largest absolute Gasteiger partial charge is 0.0698 e. The third-order valence-electron chi connectivity index (χ3n) is 6.02. The van der Waals surface area contributed by atoms with Crippen molar-refractivity contribution < 1.29 is 0 Å². The molecule has 0 aromatic carbocycles. The van der Waals surface area contributed by atoms with E-state index < -0.39 is 0 Å². The van der Waals surface area contributed by atoms with Crippen LogP contribution in [0, 0.1) is 35.5 Å². The molecule has 4 rings (SSSR count). The van der Waals surface area contributed by atoms with Crippen LogP contribution in [0.2, 0.25) is 0 Å². The molecular weight excluding hydrogens is 192 g/mol. The third-order valence-corrected chi connectivity index (χ3v) is 6.02. The van der Waals surface area contributed by atoms with Gasteiger partial charge in [-0.25, -0.2) is 0 Å². The molecule has 0 aromatic rings. The Morgan fingerprint density at radius 2 is 2.06 bits per heavy atom. The second-order valence-corrected chi connectivity index (χ2v) is 7.32. The van der Waals surface area contributed by atoms with E-state index in [1.807, 2.05) is 11.1 Å². The van der Waals surface area contributed by atoms with E-state index in [2.05, 4.69) is 13.8 Å². The van der Waals surface area contributed by atoms with Gasteiger partial charge in [-0.15, -0.1) is 0 Å². The smallest absolute Gasteiger partial charge is 0.0135 e. The number of fused-ring (bicyclic) bond motifs is 8. The molecule has 0 nitrogen and oxygen atoms in total. The molecule has 4 bridgehead atoms. The Balaban J connectivity index is 1.64. The van der Waals surface area contributed by atoms with Gasteiger partial charge in [0.05, 0.1) is 0 Å². The molecule has 4 aliphatic carbocycles. The topological polar surface area (TPSA) is 0 Å². The minimum absolute atomic E-state index is 0.909. The third kappa shape index (κ3) is 1.11. The summed E-state index contributed by atoms with van der Waals surface area (Å²) in [6.45, 7) is 4.81. The number of rotatable bonds is 2. The van der Waals surface area contributed by atoms with Crippen molar-refractivity contribution in [3.63, 3.8) is 0 Å². The molecule has 0 heterocycles. The normalized spacial score (nSPS) is 48.6. The second kappa shape index (κ2) is 3.15. The van der Waals surface area contributed by atoms with Crippen LogP contribution in [-0.2, 0) is 0 Å². The molecule has 5 unspecified atom stereocenters. The fraction of sp³-hybridized carbons (Fsp3) is 0.875. The average Bonchev–Trinajstić information content (AvgIpc) is 2.93. The van der Waals surface area contributed by atoms with Crippen LogP contribution in [0.4, 0.5) is 0 Å². The lowest BCUT2D eigenvalue weighted by Crippen LogP contribution is -2.26. The van der Waals surface area contributed by atoms with E-state index in [1.165, 1.54) is 19.3 Å². The first-order valence-corrected chi connectivity index (χ1v) is 7.46. The molecule has 0 N–H and O–H groups in total. The van der Waals surface area contributed by atoms with Gasteiger partial charge in [0.2, 0.25) is 0 Å². The van der Waals surface area contributed by atoms with Crippen molar-refractivity contribution >= 4 is 0 Å². The van der Waals surface area contributed by atoms with Gasteiger partial charge in [0.1, 0.15) is 0 Å². The molecule has 5 atom stereocenters. The van der Waals surface area contributed by atoms with Gasteiger partial charge in [-0.1, -0.05) is 25.0 Å². The Kier molecular flexibility index (Phi) is 1.91. The summed E-state index contributed by atoms with van der Waals surface area (Å²) < 4.78 is 0. The predicted molar refractivity (Wildman–Crippen MR) is 67.0 cm³/mol. The summed E-state index contributed by atoms with van der Waals surface area (Å²) in [4.78, 5) is 0. The van der Waals surface area contributed by atoms with Crippen LogP contribution >= 0.6 is 0 Å². The van der Waals surface area contributed by atoms with Gasteiger partial charge < -0.3 is 0 Å². The van der Waals surface area contributed by atoms with Crippen molar-refractivity contribution in [1.82, 2.24) is 0 Å². The minimum Gasteiger partial charge on any atom is -0.0698 e. The molecular formula is C16H24. The van der Waals surface area contributed by atoms with Gasteiger partial charge in [-0.2, -0.15) is 0 Å². The SMILES string of the molecule is CC(C)CC1CC2=C3C4CCC(C4)C3C1C2. The molecule has 88 valence electrons.